The van der Waals surface area contributed by atoms with E-state index in [2.05, 4.69) is 5.32 Å². The van der Waals surface area contributed by atoms with Gasteiger partial charge in [-0.25, -0.2) is 4.79 Å². The van der Waals surface area contributed by atoms with Gasteiger partial charge in [-0.15, -0.1) is 0 Å². The zero-order valence-electron chi connectivity index (χ0n) is 17.0. The molecule has 1 aliphatic rings. The number of carbonyl (C=O) groups excluding carboxylic acids is 1. The average molecular weight is 391 g/mol. The standard InChI is InChI=1S/C24H25NO4/c1-14-11-20(28-16(3)23(26)25-18-9-10-18)22-15(2)19(24(27)29-21(22)12-14)13-17-7-5-4-6-8-17/h4-8,11-12,16,18H,9-10,13H2,1-3H3,(H,25,26). The predicted octanol–water partition coefficient (Wildman–Crippen LogP) is 4.05. The maximum Gasteiger partial charge on any atom is 0.340 e. The molecule has 4 rings (SSSR count). The Morgan fingerprint density at radius 3 is 2.62 bits per heavy atom. The van der Waals surface area contributed by atoms with E-state index in [1.807, 2.05) is 56.3 Å². The number of ether oxygens (including phenoxy) is 1. The molecule has 1 aliphatic carbocycles. The van der Waals surface area contributed by atoms with Crippen molar-refractivity contribution in [2.45, 2.75) is 52.2 Å². The number of aryl methyl sites for hydroxylation is 2. The van der Waals surface area contributed by atoms with Crippen molar-refractivity contribution in [3.8, 4) is 5.75 Å². The summed E-state index contributed by atoms with van der Waals surface area (Å²) in [4.78, 5) is 25.0. The minimum Gasteiger partial charge on any atom is -0.480 e. The number of fused-ring (bicyclic) bond motifs is 1. The predicted molar refractivity (Wildman–Crippen MR) is 112 cm³/mol. The summed E-state index contributed by atoms with van der Waals surface area (Å²) in [5.41, 5.74) is 3.51. The molecule has 5 nitrogen and oxygen atoms in total. The molecule has 1 fully saturated rings. The van der Waals surface area contributed by atoms with Gasteiger partial charge in [0.25, 0.3) is 5.91 Å². The molecule has 150 valence electrons. The Morgan fingerprint density at radius 2 is 1.93 bits per heavy atom. The molecule has 0 aliphatic heterocycles. The first-order chi connectivity index (χ1) is 13.9. The number of amides is 1. The molecular weight excluding hydrogens is 366 g/mol. The molecule has 3 aromatic rings. The van der Waals surface area contributed by atoms with Crippen LogP contribution in [0.15, 0.2) is 51.7 Å². The van der Waals surface area contributed by atoms with Crippen molar-refractivity contribution < 1.29 is 13.9 Å². The summed E-state index contributed by atoms with van der Waals surface area (Å²) in [5, 5.41) is 3.71. The normalized spacial score (nSPS) is 14.6. The first kappa shape index (κ1) is 19.2. The fraction of sp³-hybridized carbons (Fsp3) is 0.333. The van der Waals surface area contributed by atoms with Crippen molar-refractivity contribution in [1.29, 1.82) is 0 Å². The van der Waals surface area contributed by atoms with Crippen molar-refractivity contribution in [2.75, 3.05) is 0 Å². The van der Waals surface area contributed by atoms with Crippen molar-refractivity contribution in [1.82, 2.24) is 5.32 Å². The number of rotatable bonds is 6. The quantitative estimate of drug-likeness (QED) is 0.644. The third kappa shape index (κ3) is 4.19. The molecule has 29 heavy (non-hydrogen) atoms. The Morgan fingerprint density at radius 1 is 1.21 bits per heavy atom. The zero-order chi connectivity index (χ0) is 20.5. The second kappa shape index (κ2) is 7.74. The van der Waals surface area contributed by atoms with Crippen LogP contribution in [0.1, 0.15) is 42.0 Å². The molecular formula is C24H25NO4. The van der Waals surface area contributed by atoms with Crippen LogP contribution in [0.4, 0.5) is 0 Å². The molecule has 0 spiro atoms. The number of benzene rings is 2. The molecule has 5 heteroatoms. The lowest BCUT2D eigenvalue weighted by atomic mass is 9.98. The first-order valence-electron chi connectivity index (χ1n) is 10.0. The van der Waals surface area contributed by atoms with Gasteiger partial charge in [0.05, 0.1) is 5.39 Å². The Balaban J connectivity index is 1.74. The van der Waals surface area contributed by atoms with E-state index >= 15 is 0 Å². The summed E-state index contributed by atoms with van der Waals surface area (Å²) < 4.78 is 11.7. The van der Waals surface area contributed by atoms with Gasteiger partial charge in [-0.2, -0.15) is 0 Å². The van der Waals surface area contributed by atoms with E-state index < -0.39 is 6.10 Å². The first-order valence-corrected chi connectivity index (χ1v) is 10.0. The van der Waals surface area contributed by atoms with Gasteiger partial charge in [-0.1, -0.05) is 30.3 Å². The summed E-state index contributed by atoms with van der Waals surface area (Å²) in [5.74, 6) is 0.440. The number of hydrogen-bond donors (Lipinski definition) is 1. The lowest BCUT2D eigenvalue weighted by molar-refractivity contribution is -0.127. The zero-order valence-corrected chi connectivity index (χ0v) is 17.0. The molecule has 1 amide bonds. The van der Waals surface area contributed by atoms with Crippen LogP contribution in [0.2, 0.25) is 0 Å². The van der Waals surface area contributed by atoms with Gasteiger partial charge < -0.3 is 14.5 Å². The molecule has 1 atom stereocenters. The molecule has 1 heterocycles. The SMILES string of the molecule is Cc1cc(OC(C)C(=O)NC2CC2)c2c(C)c(Cc3ccccc3)c(=O)oc2c1. The van der Waals surface area contributed by atoms with E-state index in [0.717, 1.165) is 34.9 Å². The third-order valence-corrected chi connectivity index (χ3v) is 5.31. The van der Waals surface area contributed by atoms with E-state index in [-0.39, 0.29) is 17.6 Å². The molecule has 1 aromatic heterocycles. The summed E-state index contributed by atoms with van der Waals surface area (Å²) >= 11 is 0. The van der Waals surface area contributed by atoms with Crippen LogP contribution in [-0.2, 0) is 11.2 Å². The lowest BCUT2D eigenvalue weighted by Gasteiger charge is -2.18. The molecule has 0 saturated heterocycles. The van der Waals surface area contributed by atoms with Gasteiger partial charge in [0.15, 0.2) is 6.10 Å². The lowest BCUT2D eigenvalue weighted by Crippen LogP contribution is -2.37. The van der Waals surface area contributed by atoms with Crippen molar-refractivity contribution in [2.24, 2.45) is 0 Å². The summed E-state index contributed by atoms with van der Waals surface area (Å²) in [7, 11) is 0. The molecule has 0 bridgehead atoms. The summed E-state index contributed by atoms with van der Waals surface area (Å²) in [6.07, 6.45) is 1.90. The smallest absolute Gasteiger partial charge is 0.340 e. The van der Waals surface area contributed by atoms with Gasteiger partial charge in [0, 0.05) is 18.0 Å². The van der Waals surface area contributed by atoms with Crippen LogP contribution in [0.25, 0.3) is 11.0 Å². The van der Waals surface area contributed by atoms with Crippen LogP contribution < -0.4 is 15.7 Å². The molecule has 2 aromatic carbocycles. The minimum absolute atomic E-state index is 0.123. The summed E-state index contributed by atoms with van der Waals surface area (Å²) in [6, 6.07) is 13.8. The highest BCUT2D eigenvalue weighted by Gasteiger charge is 2.27. The second-order valence-electron chi connectivity index (χ2n) is 7.83. The van der Waals surface area contributed by atoms with E-state index in [0.29, 0.717) is 23.3 Å². The topological polar surface area (TPSA) is 68.5 Å². The average Bonchev–Trinajstić information content (AvgIpc) is 3.49. The maximum atomic E-state index is 12.7. The summed E-state index contributed by atoms with van der Waals surface area (Å²) in [6.45, 7) is 5.56. The van der Waals surface area contributed by atoms with E-state index in [4.69, 9.17) is 9.15 Å². The maximum absolute atomic E-state index is 12.7. The Kier molecular flexibility index (Phi) is 5.14. The Labute approximate surface area is 169 Å². The third-order valence-electron chi connectivity index (χ3n) is 5.31. The van der Waals surface area contributed by atoms with E-state index in [1.165, 1.54) is 0 Å². The van der Waals surface area contributed by atoms with Crippen LogP contribution >= 0.6 is 0 Å². The number of carbonyl (C=O) groups is 1. The van der Waals surface area contributed by atoms with Gasteiger partial charge in [0.2, 0.25) is 0 Å². The van der Waals surface area contributed by atoms with Crippen LogP contribution in [0.3, 0.4) is 0 Å². The Hall–Kier alpha value is -3.08. The van der Waals surface area contributed by atoms with E-state index in [1.54, 1.807) is 6.92 Å². The van der Waals surface area contributed by atoms with Crippen molar-refractivity contribution >= 4 is 16.9 Å². The van der Waals surface area contributed by atoms with Gasteiger partial charge in [-0.3, -0.25) is 4.79 Å². The van der Waals surface area contributed by atoms with Gasteiger partial charge in [0.1, 0.15) is 11.3 Å². The van der Waals surface area contributed by atoms with Crippen LogP contribution in [0.5, 0.6) is 5.75 Å². The highest BCUT2D eigenvalue weighted by Crippen LogP contribution is 2.32. The number of nitrogens with one attached hydrogen (secondary N) is 1. The van der Waals surface area contributed by atoms with Crippen molar-refractivity contribution in [3.63, 3.8) is 0 Å². The highest BCUT2D eigenvalue weighted by molar-refractivity contribution is 5.89. The van der Waals surface area contributed by atoms with Gasteiger partial charge >= 0.3 is 5.63 Å². The van der Waals surface area contributed by atoms with E-state index in [9.17, 15) is 9.59 Å². The molecule has 1 N–H and O–H groups in total. The fourth-order valence-electron chi connectivity index (χ4n) is 3.52. The molecule has 1 saturated carbocycles. The monoisotopic (exact) mass is 391 g/mol. The number of hydrogen-bond acceptors (Lipinski definition) is 4. The molecule has 1 unspecified atom stereocenters. The Bertz CT molecular complexity index is 1110. The highest BCUT2D eigenvalue weighted by atomic mass is 16.5. The fourth-order valence-corrected chi connectivity index (χ4v) is 3.52. The second-order valence-corrected chi connectivity index (χ2v) is 7.83. The van der Waals surface area contributed by atoms with Crippen LogP contribution in [-0.4, -0.2) is 18.1 Å². The van der Waals surface area contributed by atoms with Crippen molar-refractivity contribution in [3.05, 3.63) is 75.1 Å². The molecule has 0 radical (unpaired) electrons. The minimum atomic E-state index is -0.635. The largest absolute Gasteiger partial charge is 0.480 e. The van der Waals surface area contributed by atoms with Gasteiger partial charge in [-0.05, 0) is 62.4 Å². The van der Waals surface area contributed by atoms with Crippen LogP contribution in [0, 0.1) is 13.8 Å².